The van der Waals surface area contributed by atoms with E-state index in [9.17, 15) is 15.2 Å². The third kappa shape index (κ3) is 3.11. The molecule has 0 saturated heterocycles. The van der Waals surface area contributed by atoms with E-state index in [1.165, 1.54) is 0 Å². The zero-order valence-electron chi connectivity index (χ0n) is 12.2. The molecular formula is C15H19N3O3. The van der Waals surface area contributed by atoms with E-state index in [1.54, 1.807) is 30.5 Å². The molecular weight excluding hydrogens is 270 g/mol. The number of hydrogen-bond acceptors (Lipinski definition) is 5. The number of rotatable bonds is 6. The molecule has 1 aromatic heterocycles. The minimum Gasteiger partial charge on any atom is -0.396 e. The van der Waals surface area contributed by atoms with Crippen LogP contribution in [0.15, 0.2) is 30.5 Å². The normalized spacial score (nSPS) is 13.9. The van der Waals surface area contributed by atoms with Gasteiger partial charge < -0.3 is 10.4 Å². The number of benzene rings is 1. The van der Waals surface area contributed by atoms with Crippen LogP contribution in [0.25, 0.3) is 10.9 Å². The van der Waals surface area contributed by atoms with Crippen LogP contribution in [-0.2, 0) is 0 Å². The molecule has 0 fully saturated rings. The van der Waals surface area contributed by atoms with Gasteiger partial charge in [-0.3, -0.25) is 15.1 Å². The molecule has 0 aliphatic heterocycles. The van der Waals surface area contributed by atoms with Crippen LogP contribution in [0.5, 0.6) is 0 Å². The Morgan fingerprint density at radius 1 is 1.43 bits per heavy atom. The fourth-order valence-corrected chi connectivity index (χ4v) is 2.33. The summed E-state index contributed by atoms with van der Waals surface area (Å²) in [5.41, 5.74) is 0.682. The first kappa shape index (κ1) is 15.2. The smallest absolute Gasteiger partial charge is 0.301 e. The second-order valence-electron chi connectivity index (χ2n) is 5.30. The van der Waals surface area contributed by atoms with Crippen molar-refractivity contribution in [2.24, 2.45) is 0 Å². The molecule has 112 valence electrons. The Morgan fingerprint density at radius 2 is 2.19 bits per heavy atom. The predicted octanol–water partition coefficient (Wildman–Crippen LogP) is 3.11. The fraction of sp³-hybridized carbons (Fsp3) is 0.400. The van der Waals surface area contributed by atoms with Crippen LogP contribution in [0.2, 0.25) is 0 Å². The maximum absolute atomic E-state index is 11.5. The van der Waals surface area contributed by atoms with Crippen LogP contribution < -0.4 is 5.32 Å². The highest BCUT2D eigenvalue weighted by Gasteiger charge is 2.26. The summed E-state index contributed by atoms with van der Waals surface area (Å²) in [6.45, 7) is 3.96. The summed E-state index contributed by atoms with van der Waals surface area (Å²) < 4.78 is 0. The zero-order valence-corrected chi connectivity index (χ0v) is 12.2. The highest BCUT2D eigenvalue weighted by Crippen LogP contribution is 2.35. The van der Waals surface area contributed by atoms with E-state index in [-0.39, 0.29) is 17.2 Å². The minimum atomic E-state index is -0.393. The molecule has 2 aromatic rings. The van der Waals surface area contributed by atoms with Gasteiger partial charge in [0, 0.05) is 18.3 Å². The first-order valence-electron chi connectivity index (χ1n) is 6.92. The summed E-state index contributed by atoms with van der Waals surface area (Å²) in [5, 5.41) is 24.4. The lowest BCUT2D eigenvalue weighted by Crippen LogP contribution is -2.35. The molecule has 1 unspecified atom stereocenters. The lowest BCUT2D eigenvalue weighted by Gasteiger charge is -2.30. The molecule has 0 amide bonds. The third-order valence-corrected chi connectivity index (χ3v) is 3.82. The number of nitro groups is 1. The van der Waals surface area contributed by atoms with Crippen molar-refractivity contribution >= 4 is 22.3 Å². The van der Waals surface area contributed by atoms with Gasteiger partial charge in [0.25, 0.3) is 0 Å². The summed E-state index contributed by atoms with van der Waals surface area (Å²) in [5.74, 6) is 0. The number of aliphatic hydroxyl groups excluding tert-OH is 1. The number of aliphatic hydroxyl groups is 1. The molecule has 0 saturated carbocycles. The number of pyridine rings is 1. The summed E-state index contributed by atoms with van der Waals surface area (Å²) in [6.07, 6.45) is 2.88. The molecule has 0 aliphatic carbocycles. The van der Waals surface area contributed by atoms with E-state index >= 15 is 0 Å². The maximum atomic E-state index is 11.5. The molecule has 1 aromatic carbocycles. The summed E-state index contributed by atoms with van der Waals surface area (Å²) in [6, 6.07) is 6.82. The van der Waals surface area contributed by atoms with Crippen LogP contribution in [0.4, 0.5) is 11.4 Å². The number of nitro benzene ring substituents is 1. The molecule has 0 aliphatic rings. The molecule has 1 heterocycles. The number of anilines is 1. The average molecular weight is 289 g/mol. The fourth-order valence-electron chi connectivity index (χ4n) is 2.33. The SMILES string of the molecule is CCC(C)(CCO)Nc1ccc2ncccc2c1[N+](=O)[O-]. The number of fused-ring (bicyclic) bond motifs is 1. The Balaban J connectivity index is 2.53. The van der Waals surface area contributed by atoms with Gasteiger partial charge in [-0.2, -0.15) is 0 Å². The Labute approximate surface area is 123 Å². The van der Waals surface area contributed by atoms with Gasteiger partial charge in [0.15, 0.2) is 0 Å². The summed E-state index contributed by atoms with van der Waals surface area (Å²) in [7, 11) is 0. The first-order chi connectivity index (χ1) is 10.0. The Kier molecular flexibility index (Phi) is 4.37. The highest BCUT2D eigenvalue weighted by atomic mass is 16.6. The standard InChI is InChI=1S/C15H19N3O3/c1-3-15(2,8-10-19)17-13-7-6-12-11(5-4-9-16-12)14(13)18(20)21/h4-7,9,17,19H,3,8,10H2,1-2H3. The van der Waals surface area contributed by atoms with Gasteiger partial charge in [-0.1, -0.05) is 6.92 Å². The van der Waals surface area contributed by atoms with Crippen LogP contribution in [0.3, 0.4) is 0 Å². The number of aromatic nitrogens is 1. The molecule has 6 nitrogen and oxygen atoms in total. The average Bonchev–Trinajstić information content (AvgIpc) is 2.46. The van der Waals surface area contributed by atoms with Gasteiger partial charge in [0.05, 0.1) is 15.8 Å². The van der Waals surface area contributed by atoms with Gasteiger partial charge in [-0.25, -0.2) is 0 Å². The lowest BCUT2D eigenvalue weighted by molar-refractivity contribution is -0.382. The summed E-state index contributed by atoms with van der Waals surface area (Å²) >= 11 is 0. The van der Waals surface area contributed by atoms with Crippen molar-refractivity contribution in [2.75, 3.05) is 11.9 Å². The highest BCUT2D eigenvalue weighted by molar-refractivity contribution is 5.94. The number of hydrogen-bond donors (Lipinski definition) is 2. The second-order valence-corrected chi connectivity index (χ2v) is 5.30. The molecule has 21 heavy (non-hydrogen) atoms. The van der Waals surface area contributed by atoms with Crippen LogP contribution >= 0.6 is 0 Å². The van der Waals surface area contributed by atoms with Crippen LogP contribution in [-0.4, -0.2) is 27.2 Å². The van der Waals surface area contributed by atoms with Gasteiger partial charge in [-0.05, 0) is 44.0 Å². The van der Waals surface area contributed by atoms with Crippen molar-refractivity contribution in [1.82, 2.24) is 4.98 Å². The largest absolute Gasteiger partial charge is 0.396 e. The lowest BCUT2D eigenvalue weighted by atomic mass is 9.94. The van der Waals surface area contributed by atoms with Crippen molar-refractivity contribution in [3.05, 3.63) is 40.6 Å². The van der Waals surface area contributed by atoms with Gasteiger partial charge >= 0.3 is 5.69 Å². The molecule has 2 N–H and O–H groups in total. The van der Waals surface area contributed by atoms with Crippen molar-refractivity contribution in [1.29, 1.82) is 0 Å². The molecule has 0 spiro atoms. The molecule has 2 rings (SSSR count). The monoisotopic (exact) mass is 289 g/mol. The van der Waals surface area contributed by atoms with Gasteiger partial charge in [-0.15, -0.1) is 0 Å². The minimum absolute atomic E-state index is 0.0261. The van der Waals surface area contributed by atoms with Gasteiger partial charge in [0.2, 0.25) is 0 Å². The number of nitrogens with one attached hydrogen (secondary N) is 1. The Bertz CT molecular complexity index is 660. The third-order valence-electron chi connectivity index (χ3n) is 3.82. The molecule has 1 atom stereocenters. The van der Waals surface area contributed by atoms with E-state index < -0.39 is 5.54 Å². The Morgan fingerprint density at radius 3 is 2.81 bits per heavy atom. The van der Waals surface area contributed by atoms with Gasteiger partial charge in [0.1, 0.15) is 5.69 Å². The van der Waals surface area contributed by atoms with E-state index in [1.807, 2.05) is 13.8 Å². The van der Waals surface area contributed by atoms with E-state index in [4.69, 9.17) is 0 Å². The second kappa shape index (κ2) is 6.05. The predicted molar refractivity (Wildman–Crippen MR) is 82.4 cm³/mol. The summed E-state index contributed by atoms with van der Waals surface area (Å²) in [4.78, 5) is 15.2. The zero-order chi connectivity index (χ0) is 15.5. The first-order valence-corrected chi connectivity index (χ1v) is 6.92. The van der Waals surface area contributed by atoms with Crippen molar-refractivity contribution in [2.45, 2.75) is 32.2 Å². The van der Waals surface area contributed by atoms with E-state index in [2.05, 4.69) is 10.3 Å². The molecule has 0 bridgehead atoms. The quantitative estimate of drug-likeness (QED) is 0.630. The Hall–Kier alpha value is -2.21. The van der Waals surface area contributed by atoms with Crippen LogP contribution in [0, 0.1) is 10.1 Å². The molecule has 0 radical (unpaired) electrons. The van der Waals surface area contributed by atoms with Crippen molar-refractivity contribution in [3.63, 3.8) is 0 Å². The molecule has 6 heteroatoms. The van der Waals surface area contributed by atoms with E-state index in [0.29, 0.717) is 23.0 Å². The van der Waals surface area contributed by atoms with Crippen molar-refractivity contribution < 1.29 is 10.0 Å². The topological polar surface area (TPSA) is 88.3 Å². The van der Waals surface area contributed by atoms with Crippen LogP contribution in [0.1, 0.15) is 26.7 Å². The number of nitrogens with zero attached hydrogens (tertiary/aromatic N) is 2. The maximum Gasteiger partial charge on any atom is 0.301 e. The van der Waals surface area contributed by atoms with Crippen molar-refractivity contribution in [3.8, 4) is 0 Å². The van der Waals surface area contributed by atoms with E-state index in [0.717, 1.165) is 6.42 Å².